The Morgan fingerprint density at radius 3 is 2.38 bits per heavy atom. The molecular formula is C20H23F3N2O3S. The Labute approximate surface area is 171 Å². The first-order chi connectivity index (χ1) is 13.7. The smallest absolute Gasteiger partial charge is 0.416 e. The number of benzene rings is 1. The Kier molecular flexibility index (Phi) is 6.60. The molecule has 2 aliphatic heterocycles. The molecule has 0 spiro atoms. The van der Waals surface area contributed by atoms with Crippen molar-refractivity contribution in [1.29, 1.82) is 0 Å². The molecule has 0 radical (unpaired) electrons. The molecule has 29 heavy (non-hydrogen) atoms. The number of aliphatic carboxylic acids is 1. The Balaban J connectivity index is 1.96. The summed E-state index contributed by atoms with van der Waals surface area (Å²) < 4.78 is 44.0. The fourth-order valence-corrected chi connectivity index (χ4v) is 4.47. The number of hydrogen-bond acceptors (Lipinski definition) is 5. The number of thioether (sulfide) groups is 1. The minimum absolute atomic E-state index is 0.188. The summed E-state index contributed by atoms with van der Waals surface area (Å²) in [5.41, 5.74) is 0.892. The molecule has 158 valence electrons. The highest BCUT2D eigenvalue weighted by atomic mass is 32.2. The molecule has 0 aliphatic carbocycles. The lowest BCUT2D eigenvalue weighted by atomic mass is 10.0. The molecule has 1 atom stereocenters. The van der Waals surface area contributed by atoms with Gasteiger partial charge in [-0.3, -0.25) is 4.90 Å². The quantitative estimate of drug-likeness (QED) is 0.770. The average molecular weight is 428 g/mol. The van der Waals surface area contributed by atoms with Crippen LogP contribution in [-0.4, -0.2) is 59.6 Å². The molecule has 1 saturated heterocycles. The molecular weight excluding hydrogens is 405 g/mol. The standard InChI is InChI=1S/C20H23F3N2O3S/c1-13-11-16(24-7-9-28-10-8-24)25(18(29-2)17(13)19(26)27)12-14-3-5-15(6-4-14)20(21,22)23/h3-6,11,16H,7-10,12H2,1-2H3,(H,26,27). The monoisotopic (exact) mass is 428 g/mol. The van der Waals surface area contributed by atoms with Crippen molar-refractivity contribution < 1.29 is 27.8 Å². The zero-order valence-electron chi connectivity index (χ0n) is 16.2. The number of hydrogen-bond donors (Lipinski definition) is 1. The van der Waals surface area contributed by atoms with Crippen LogP contribution in [0.1, 0.15) is 18.1 Å². The number of carboxylic acid groups (broad SMARTS) is 1. The van der Waals surface area contributed by atoms with E-state index in [2.05, 4.69) is 4.90 Å². The molecule has 0 amide bonds. The van der Waals surface area contributed by atoms with Gasteiger partial charge in [-0.2, -0.15) is 13.2 Å². The van der Waals surface area contributed by atoms with Gasteiger partial charge in [-0.25, -0.2) is 4.79 Å². The zero-order chi connectivity index (χ0) is 21.2. The summed E-state index contributed by atoms with van der Waals surface area (Å²) in [6.45, 7) is 4.65. The van der Waals surface area contributed by atoms with Crippen LogP contribution in [-0.2, 0) is 22.3 Å². The van der Waals surface area contributed by atoms with Gasteiger partial charge in [0, 0.05) is 19.6 Å². The van der Waals surface area contributed by atoms with Gasteiger partial charge in [-0.15, -0.1) is 11.8 Å². The van der Waals surface area contributed by atoms with Crippen LogP contribution >= 0.6 is 11.8 Å². The molecule has 2 aliphatic rings. The number of ether oxygens (including phenoxy) is 1. The van der Waals surface area contributed by atoms with Crippen molar-refractivity contribution in [3.63, 3.8) is 0 Å². The van der Waals surface area contributed by atoms with E-state index < -0.39 is 17.7 Å². The molecule has 0 aromatic heterocycles. The number of carboxylic acids is 1. The van der Waals surface area contributed by atoms with Gasteiger partial charge in [0.1, 0.15) is 6.17 Å². The Bertz CT molecular complexity index is 815. The third kappa shape index (κ3) is 4.79. The summed E-state index contributed by atoms with van der Waals surface area (Å²) in [6.07, 6.45) is -0.849. The third-order valence-corrected chi connectivity index (χ3v) is 5.87. The molecule has 1 fully saturated rings. The highest BCUT2D eigenvalue weighted by molar-refractivity contribution is 8.02. The predicted octanol–water partition coefficient (Wildman–Crippen LogP) is 3.78. The molecule has 3 rings (SSSR count). The first-order valence-electron chi connectivity index (χ1n) is 9.17. The number of carbonyl (C=O) groups is 1. The van der Waals surface area contributed by atoms with E-state index in [0.29, 0.717) is 49.0 Å². The highest BCUT2D eigenvalue weighted by Gasteiger charge is 2.35. The van der Waals surface area contributed by atoms with E-state index in [1.165, 1.54) is 23.9 Å². The van der Waals surface area contributed by atoms with Gasteiger partial charge >= 0.3 is 12.1 Å². The number of halogens is 3. The minimum Gasteiger partial charge on any atom is -0.478 e. The summed E-state index contributed by atoms with van der Waals surface area (Å²) in [6, 6.07) is 5.01. The fraction of sp³-hybridized carbons (Fsp3) is 0.450. The fourth-order valence-electron chi connectivity index (χ4n) is 3.61. The van der Waals surface area contributed by atoms with Gasteiger partial charge in [-0.1, -0.05) is 12.1 Å². The Morgan fingerprint density at radius 2 is 1.86 bits per heavy atom. The van der Waals surface area contributed by atoms with E-state index in [0.717, 1.165) is 12.1 Å². The van der Waals surface area contributed by atoms with Crippen LogP contribution in [0.5, 0.6) is 0 Å². The van der Waals surface area contributed by atoms with Gasteiger partial charge in [0.15, 0.2) is 0 Å². The normalized spacial score (nSPS) is 21.3. The van der Waals surface area contributed by atoms with Crippen LogP contribution in [0.4, 0.5) is 13.2 Å². The average Bonchev–Trinajstić information content (AvgIpc) is 2.68. The second kappa shape index (κ2) is 8.81. The van der Waals surface area contributed by atoms with Gasteiger partial charge < -0.3 is 14.7 Å². The molecule has 9 heteroatoms. The molecule has 1 aromatic carbocycles. The molecule has 1 N–H and O–H groups in total. The Morgan fingerprint density at radius 1 is 1.24 bits per heavy atom. The first-order valence-corrected chi connectivity index (χ1v) is 10.4. The van der Waals surface area contributed by atoms with Crippen molar-refractivity contribution in [2.24, 2.45) is 0 Å². The maximum atomic E-state index is 12.9. The van der Waals surface area contributed by atoms with Crippen LogP contribution in [0.15, 0.2) is 46.5 Å². The largest absolute Gasteiger partial charge is 0.478 e. The summed E-state index contributed by atoms with van der Waals surface area (Å²) >= 11 is 1.33. The minimum atomic E-state index is -4.39. The van der Waals surface area contributed by atoms with Gasteiger partial charge in [0.2, 0.25) is 0 Å². The van der Waals surface area contributed by atoms with Crippen LogP contribution in [0.2, 0.25) is 0 Å². The first kappa shape index (κ1) is 21.7. The van der Waals surface area contributed by atoms with Crippen molar-refractivity contribution in [2.75, 3.05) is 32.6 Å². The third-order valence-electron chi connectivity index (χ3n) is 5.05. The molecule has 1 aromatic rings. The summed E-state index contributed by atoms with van der Waals surface area (Å²) in [4.78, 5) is 16.0. The van der Waals surface area contributed by atoms with E-state index in [1.54, 1.807) is 6.92 Å². The van der Waals surface area contributed by atoms with Crippen LogP contribution in [0.25, 0.3) is 0 Å². The van der Waals surface area contributed by atoms with E-state index >= 15 is 0 Å². The van der Waals surface area contributed by atoms with Crippen molar-refractivity contribution in [3.8, 4) is 0 Å². The lowest BCUT2D eigenvalue weighted by Crippen LogP contribution is -2.52. The van der Waals surface area contributed by atoms with Crippen LogP contribution in [0.3, 0.4) is 0 Å². The number of rotatable bonds is 5. The lowest BCUT2D eigenvalue weighted by molar-refractivity contribution is -0.137. The van der Waals surface area contributed by atoms with Gasteiger partial charge in [-0.05, 0) is 42.5 Å². The van der Waals surface area contributed by atoms with E-state index in [4.69, 9.17) is 4.74 Å². The maximum Gasteiger partial charge on any atom is 0.416 e. The van der Waals surface area contributed by atoms with Gasteiger partial charge in [0.05, 0.1) is 29.4 Å². The molecule has 2 heterocycles. The summed E-state index contributed by atoms with van der Waals surface area (Å²) in [7, 11) is 0. The zero-order valence-corrected chi connectivity index (χ0v) is 17.0. The molecule has 0 saturated carbocycles. The number of morpholine rings is 1. The van der Waals surface area contributed by atoms with Crippen LogP contribution in [0, 0.1) is 0 Å². The van der Waals surface area contributed by atoms with E-state index in [-0.39, 0.29) is 11.7 Å². The van der Waals surface area contributed by atoms with E-state index in [9.17, 15) is 23.1 Å². The Hall–Kier alpha value is -1.97. The topological polar surface area (TPSA) is 53.0 Å². The van der Waals surface area contributed by atoms with Crippen molar-refractivity contribution >= 4 is 17.7 Å². The molecule has 5 nitrogen and oxygen atoms in total. The number of alkyl halides is 3. The molecule has 0 bridgehead atoms. The van der Waals surface area contributed by atoms with Crippen molar-refractivity contribution in [1.82, 2.24) is 9.80 Å². The SMILES string of the molecule is CSC1=C(C(=O)O)C(C)=CC(N2CCOCC2)N1Cc1ccc(C(F)(F)F)cc1. The molecule has 1 unspecified atom stereocenters. The van der Waals surface area contributed by atoms with E-state index in [1.807, 2.05) is 17.2 Å². The highest BCUT2D eigenvalue weighted by Crippen LogP contribution is 2.36. The summed E-state index contributed by atoms with van der Waals surface area (Å²) in [5.74, 6) is -1.01. The summed E-state index contributed by atoms with van der Waals surface area (Å²) in [5, 5.41) is 10.3. The predicted molar refractivity (Wildman–Crippen MR) is 105 cm³/mol. The van der Waals surface area contributed by atoms with Gasteiger partial charge in [0.25, 0.3) is 0 Å². The number of nitrogens with zero attached hydrogens (tertiary/aromatic N) is 2. The second-order valence-corrected chi connectivity index (χ2v) is 7.72. The van der Waals surface area contributed by atoms with Crippen molar-refractivity contribution in [2.45, 2.75) is 25.8 Å². The van der Waals surface area contributed by atoms with Crippen LogP contribution < -0.4 is 0 Å². The lowest BCUT2D eigenvalue weighted by Gasteiger charge is -2.44. The second-order valence-electron chi connectivity index (χ2n) is 6.92. The maximum absolute atomic E-state index is 12.9. The van der Waals surface area contributed by atoms with Crippen molar-refractivity contribution in [3.05, 3.63) is 57.6 Å².